The molecule has 0 aliphatic carbocycles. The summed E-state index contributed by atoms with van der Waals surface area (Å²) in [5.41, 5.74) is 1.86. The molecule has 3 aliphatic rings. The smallest absolute Gasteiger partial charge is 0.416 e. The molecule has 17 nitrogen and oxygen atoms in total. The van der Waals surface area contributed by atoms with Crippen molar-refractivity contribution in [3.05, 3.63) is 66.3 Å². The van der Waals surface area contributed by atoms with Gasteiger partial charge in [0.25, 0.3) is 11.8 Å². The zero-order chi connectivity index (χ0) is 39.9. The van der Waals surface area contributed by atoms with E-state index < -0.39 is 36.5 Å². The van der Waals surface area contributed by atoms with Crippen molar-refractivity contribution in [3.8, 4) is 11.5 Å². The molecule has 17 heteroatoms. The van der Waals surface area contributed by atoms with Gasteiger partial charge in [0.1, 0.15) is 18.0 Å². The first-order valence-corrected chi connectivity index (χ1v) is 18.5. The van der Waals surface area contributed by atoms with E-state index in [-0.39, 0.29) is 65.6 Å². The minimum absolute atomic E-state index is 0.0500. The molecule has 0 saturated carbocycles. The van der Waals surface area contributed by atoms with Crippen LogP contribution < -0.4 is 25.0 Å². The van der Waals surface area contributed by atoms with Gasteiger partial charge in [-0.2, -0.15) is 0 Å². The molecule has 2 N–H and O–H groups in total. The maximum atomic E-state index is 14.1. The number of nitrogens with one attached hydrogen (secondary N) is 2. The second-order valence-electron chi connectivity index (χ2n) is 13.7. The minimum Gasteiger partial charge on any atom is -0.493 e. The fourth-order valence-corrected chi connectivity index (χ4v) is 7.16. The Bertz CT molecular complexity index is 1970. The molecule has 56 heavy (non-hydrogen) atoms. The Hall–Kier alpha value is -5.81. The Morgan fingerprint density at radius 1 is 0.946 bits per heavy atom. The van der Waals surface area contributed by atoms with Crippen LogP contribution in [0.25, 0.3) is 0 Å². The van der Waals surface area contributed by atoms with Crippen molar-refractivity contribution in [3.63, 3.8) is 0 Å². The molecule has 6 rings (SSSR count). The summed E-state index contributed by atoms with van der Waals surface area (Å²) in [5, 5.41) is 5.56. The lowest BCUT2D eigenvalue weighted by atomic mass is 10.1. The molecule has 0 bridgehead atoms. The van der Waals surface area contributed by atoms with Crippen molar-refractivity contribution in [1.82, 2.24) is 14.0 Å². The first kappa shape index (κ1) is 39.9. The Kier molecular flexibility index (Phi) is 12.6. The highest BCUT2D eigenvalue weighted by molar-refractivity contribution is 6.06. The molecule has 3 atom stereocenters. The zero-order valence-electron chi connectivity index (χ0n) is 32.0. The molecular weight excluding hydrogens is 728 g/mol. The number of hydrogen-bond donors (Lipinski definition) is 2. The average Bonchev–Trinajstić information content (AvgIpc) is 3.91. The van der Waals surface area contributed by atoms with Gasteiger partial charge in [0, 0.05) is 52.1 Å². The summed E-state index contributed by atoms with van der Waals surface area (Å²) in [6.07, 6.45) is 6.73. The van der Waals surface area contributed by atoms with E-state index in [9.17, 15) is 24.0 Å². The lowest BCUT2D eigenvalue weighted by molar-refractivity contribution is -0.195. The minimum atomic E-state index is -0.893. The van der Waals surface area contributed by atoms with Crippen molar-refractivity contribution in [2.45, 2.75) is 63.5 Å². The van der Waals surface area contributed by atoms with Crippen LogP contribution in [0.3, 0.4) is 0 Å². The van der Waals surface area contributed by atoms with E-state index in [4.69, 9.17) is 28.4 Å². The SMILES string of the molecule is C=CCOC(=O)N1c2cc(OCCCC(=O)Nc3cc(C(=O)Nc4cc(C(=O)OC)n(C)c4)n(C)c3)c(OC)cc2C(=O)N2CCC[C@H]2C1OC1CCCCO1. The Morgan fingerprint density at radius 2 is 1.70 bits per heavy atom. The summed E-state index contributed by atoms with van der Waals surface area (Å²) in [5.74, 6) is -1.01. The molecular formula is C39H48N6O11. The summed E-state index contributed by atoms with van der Waals surface area (Å²) in [6.45, 7) is 4.74. The predicted octanol–water partition coefficient (Wildman–Crippen LogP) is 4.83. The second-order valence-corrected chi connectivity index (χ2v) is 13.7. The van der Waals surface area contributed by atoms with E-state index in [2.05, 4.69) is 17.2 Å². The van der Waals surface area contributed by atoms with Gasteiger partial charge in [0.15, 0.2) is 24.0 Å². The maximum Gasteiger partial charge on any atom is 0.416 e. The molecule has 2 unspecified atom stereocenters. The van der Waals surface area contributed by atoms with Crippen LogP contribution in [0.5, 0.6) is 11.5 Å². The van der Waals surface area contributed by atoms with Gasteiger partial charge in [0.2, 0.25) is 5.91 Å². The summed E-state index contributed by atoms with van der Waals surface area (Å²) < 4.78 is 37.6. The number of fused-ring (bicyclic) bond motifs is 2. The number of aryl methyl sites for hydroxylation is 2. The standard InChI is InChI=1S/C39H48N6O11/c1-6-15-55-39(50)45-28-21-32(31(51-4)20-26(28)36(48)44-14-9-11-27(44)37(45)56-34-13-7-8-16-54-34)53-17-10-12-33(46)40-24-18-29(42(2)22-24)35(47)41-25-19-30(38(49)52-5)43(3)23-25/h6,18-23,27,34,37H,1,7-17H2,2-5H3,(H,40,46)(H,41,47)/t27-,34?,37?/m0/s1. The number of anilines is 3. The van der Waals surface area contributed by atoms with Crippen LogP contribution in [0.15, 0.2) is 49.3 Å². The first-order chi connectivity index (χ1) is 27.0. The Balaban J connectivity index is 1.13. The average molecular weight is 777 g/mol. The maximum absolute atomic E-state index is 14.1. The van der Waals surface area contributed by atoms with Gasteiger partial charge in [-0.05, 0) is 56.7 Å². The van der Waals surface area contributed by atoms with Gasteiger partial charge < -0.3 is 53.1 Å². The lowest BCUT2D eigenvalue weighted by Crippen LogP contribution is -2.54. The number of ether oxygens (including phenoxy) is 6. The topological polar surface area (TPSA) is 181 Å². The van der Waals surface area contributed by atoms with Crippen LogP contribution in [0, 0.1) is 0 Å². The summed E-state index contributed by atoms with van der Waals surface area (Å²) in [7, 11) is 6.07. The highest BCUT2D eigenvalue weighted by Gasteiger charge is 2.48. The number of benzene rings is 1. The number of hydrogen-bond acceptors (Lipinski definition) is 11. The monoisotopic (exact) mass is 776 g/mol. The number of carbonyl (C=O) groups is 5. The van der Waals surface area contributed by atoms with Gasteiger partial charge in [0.05, 0.1) is 49.5 Å². The van der Waals surface area contributed by atoms with E-state index in [1.54, 1.807) is 58.7 Å². The third-order valence-electron chi connectivity index (χ3n) is 9.85. The highest BCUT2D eigenvalue weighted by Crippen LogP contribution is 2.42. The Labute approximate surface area is 324 Å². The number of nitrogens with zero attached hydrogens (tertiary/aromatic N) is 4. The molecule has 1 aromatic carbocycles. The zero-order valence-corrected chi connectivity index (χ0v) is 32.0. The van der Waals surface area contributed by atoms with Crippen molar-refractivity contribution < 1.29 is 52.4 Å². The highest BCUT2D eigenvalue weighted by atomic mass is 16.7. The predicted molar refractivity (Wildman–Crippen MR) is 203 cm³/mol. The number of esters is 1. The summed E-state index contributed by atoms with van der Waals surface area (Å²) >= 11 is 0. The van der Waals surface area contributed by atoms with Crippen LogP contribution >= 0.6 is 0 Å². The van der Waals surface area contributed by atoms with Crippen molar-refractivity contribution in [2.24, 2.45) is 14.1 Å². The van der Waals surface area contributed by atoms with Gasteiger partial charge in [-0.25, -0.2) is 14.5 Å². The molecule has 3 aliphatic heterocycles. The van der Waals surface area contributed by atoms with Crippen molar-refractivity contribution in [1.29, 1.82) is 0 Å². The van der Waals surface area contributed by atoms with Crippen LogP contribution in [0.4, 0.5) is 21.9 Å². The van der Waals surface area contributed by atoms with E-state index in [0.29, 0.717) is 43.8 Å². The molecule has 4 amide bonds. The van der Waals surface area contributed by atoms with Gasteiger partial charge in [-0.15, -0.1) is 0 Å². The summed E-state index contributed by atoms with van der Waals surface area (Å²) in [4.78, 5) is 68.9. The van der Waals surface area contributed by atoms with Crippen LogP contribution in [-0.4, -0.2) is 103 Å². The largest absolute Gasteiger partial charge is 0.493 e. The van der Waals surface area contributed by atoms with Gasteiger partial charge in [-0.1, -0.05) is 12.7 Å². The van der Waals surface area contributed by atoms with Crippen LogP contribution in [0.1, 0.15) is 76.3 Å². The van der Waals surface area contributed by atoms with E-state index in [1.807, 2.05) is 0 Å². The molecule has 5 heterocycles. The fraction of sp³-hybridized carbons (Fsp3) is 0.462. The Morgan fingerprint density at radius 3 is 2.41 bits per heavy atom. The fourth-order valence-electron chi connectivity index (χ4n) is 7.16. The molecule has 2 saturated heterocycles. The van der Waals surface area contributed by atoms with Crippen LogP contribution in [0.2, 0.25) is 0 Å². The lowest BCUT2D eigenvalue weighted by Gasteiger charge is -2.38. The van der Waals surface area contributed by atoms with E-state index >= 15 is 0 Å². The van der Waals surface area contributed by atoms with Crippen molar-refractivity contribution >= 4 is 46.8 Å². The third kappa shape index (κ3) is 8.68. The normalized spacial score (nSPS) is 19.0. The quantitative estimate of drug-likeness (QED) is 0.130. The molecule has 0 spiro atoms. The van der Waals surface area contributed by atoms with Crippen LogP contribution in [-0.2, 0) is 37.8 Å². The molecule has 300 valence electrons. The van der Waals surface area contributed by atoms with Gasteiger partial charge >= 0.3 is 12.1 Å². The van der Waals surface area contributed by atoms with Gasteiger partial charge in [-0.3, -0.25) is 14.4 Å². The summed E-state index contributed by atoms with van der Waals surface area (Å²) in [6, 6.07) is 5.74. The number of aromatic nitrogens is 2. The second kappa shape index (κ2) is 17.8. The van der Waals surface area contributed by atoms with E-state index in [0.717, 1.165) is 19.3 Å². The number of methoxy groups -OCH3 is 2. The third-order valence-corrected chi connectivity index (χ3v) is 9.85. The number of carbonyl (C=O) groups excluding carboxylic acids is 5. The molecule has 3 aromatic rings. The number of amides is 4. The molecule has 2 aromatic heterocycles. The molecule has 2 fully saturated rings. The molecule has 0 radical (unpaired) electrons. The first-order valence-electron chi connectivity index (χ1n) is 18.5. The van der Waals surface area contributed by atoms with E-state index in [1.165, 1.54) is 31.3 Å². The number of rotatable bonds is 14. The van der Waals surface area contributed by atoms with Crippen molar-refractivity contribution in [2.75, 3.05) is 56.1 Å².